The summed E-state index contributed by atoms with van der Waals surface area (Å²) in [5.74, 6) is 0. The smallest absolute Gasteiger partial charge is 0.258 e. The summed E-state index contributed by atoms with van der Waals surface area (Å²) in [6, 6.07) is 11.0. The van der Waals surface area contributed by atoms with E-state index in [0.29, 0.717) is 5.56 Å². The van der Waals surface area contributed by atoms with Gasteiger partial charge in [0.1, 0.15) is 5.01 Å². The molecule has 0 amide bonds. The summed E-state index contributed by atoms with van der Waals surface area (Å²) >= 11 is 5.00. The molecule has 0 bridgehead atoms. The number of thiazole rings is 1. The molecule has 0 radical (unpaired) electrons. The van der Waals surface area contributed by atoms with Crippen molar-refractivity contribution >= 4 is 43.2 Å². The third-order valence-electron chi connectivity index (χ3n) is 2.99. The fourth-order valence-electron chi connectivity index (χ4n) is 2.02. The Hall–Kier alpha value is -1.79. The topological polar surface area (TPSA) is 56.0 Å². The van der Waals surface area contributed by atoms with E-state index in [1.807, 2.05) is 24.3 Å². The van der Waals surface area contributed by atoms with Crippen molar-refractivity contribution < 1.29 is 4.92 Å². The predicted molar refractivity (Wildman–Crippen MR) is 84.1 cm³/mol. The Kier molecular flexibility index (Phi) is 3.27. The Morgan fingerprint density at radius 1 is 1.25 bits per heavy atom. The van der Waals surface area contributed by atoms with Crippen LogP contribution in [0.1, 0.15) is 5.56 Å². The number of benzene rings is 2. The van der Waals surface area contributed by atoms with Gasteiger partial charge in [0, 0.05) is 21.7 Å². The van der Waals surface area contributed by atoms with E-state index in [1.165, 1.54) is 6.07 Å². The molecule has 0 N–H and O–H groups in total. The Morgan fingerprint density at radius 2 is 2.05 bits per heavy atom. The lowest BCUT2D eigenvalue weighted by atomic mass is 10.1. The first-order chi connectivity index (χ1) is 9.54. The highest BCUT2D eigenvalue weighted by Gasteiger charge is 2.13. The standard InChI is InChI=1S/C14H9BrN2O2S/c1-8-6-9(2-4-12(8)17(18)19)14-16-11-7-10(15)3-5-13(11)20-14/h2-7H,1H3. The molecule has 0 saturated carbocycles. The van der Waals surface area contributed by atoms with Gasteiger partial charge in [-0.1, -0.05) is 15.9 Å². The number of nitro groups is 1. The summed E-state index contributed by atoms with van der Waals surface area (Å²) in [5.41, 5.74) is 2.62. The molecule has 0 saturated heterocycles. The van der Waals surface area contributed by atoms with E-state index >= 15 is 0 Å². The van der Waals surface area contributed by atoms with Crippen LogP contribution in [0.3, 0.4) is 0 Å². The van der Waals surface area contributed by atoms with Crippen molar-refractivity contribution in [2.45, 2.75) is 6.92 Å². The highest BCUT2D eigenvalue weighted by molar-refractivity contribution is 9.10. The normalized spacial score (nSPS) is 10.9. The fraction of sp³-hybridized carbons (Fsp3) is 0.0714. The minimum absolute atomic E-state index is 0.137. The van der Waals surface area contributed by atoms with E-state index in [0.717, 1.165) is 25.3 Å². The van der Waals surface area contributed by atoms with Crippen LogP contribution in [0.5, 0.6) is 0 Å². The van der Waals surface area contributed by atoms with Crippen LogP contribution >= 0.6 is 27.3 Å². The van der Waals surface area contributed by atoms with Gasteiger partial charge in [-0.15, -0.1) is 11.3 Å². The summed E-state index contributed by atoms with van der Waals surface area (Å²) in [6.45, 7) is 1.74. The minimum atomic E-state index is -0.366. The second kappa shape index (κ2) is 4.96. The van der Waals surface area contributed by atoms with Crippen LogP contribution in [0.25, 0.3) is 20.8 Å². The molecule has 0 atom stereocenters. The average molecular weight is 349 g/mol. The molecule has 0 aliphatic rings. The average Bonchev–Trinajstić information content (AvgIpc) is 2.81. The lowest BCUT2D eigenvalue weighted by molar-refractivity contribution is -0.385. The number of aryl methyl sites for hydroxylation is 1. The number of aromatic nitrogens is 1. The molecule has 3 rings (SSSR count). The summed E-state index contributed by atoms with van der Waals surface area (Å²) in [5, 5.41) is 11.7. The number of hydrogen-bond donors (Lipinski definition) is 0. The minimum Gasteiger partial charge on any atom is -0.258 e. The first-order valence-corrected chi connectivity index (χ1v) is 7.47. The maximum Gasteiger partial charge on any atom is 0.272 e. The summed E-state index contributed by atoms with van der Waals surface area (Å²) < 4.78 is 2.08. The van der Waals surface area contributed by atoms with E-state index in [9.17, 15) is 10.1 Å². The number of hydrogen-bond acceptors (Lipinski definition) is 4. The molecule has 0 spiro atoms. The van der Waals surface area contributed by atoms with Crippen LogP contribution in [-0.4, -0.2) is 9.91 Å². The first-order valence-electron chi connectivity index (χ1n) is 5.86. The molecule has 0 unspecified atom stereocenters. The van der Waals surface area contributed by atoms with Crippen LogP contribution in [0.4, 0.5) is 5.69 Å². The third-order valence-corrected chi connectivity index (χ3v) is 4.57. The highest BCUT2D eigenvalue weighted by atomic mass is 79.9. The number of nitro benzene ring substituents is 1. The highest BCUT2D eigenvalue weighted by Crippen LogP contribution is 2.33. The number of rotatable bonds is 2. The van der Waals surface area contributed by atoms with Crippen LogP contribution in [0.2, 0.25) is 0 Å². The van der Waals surface area contributed by atoms with Crippen molar-refractivity contribution in [2.24, 2.45) is 0 Å². The van der Waals surface area contributed by atoms with E-state index in [1.54, 1.807) is 24.3 Å². The molecule has 1 heterocycles. The van der Waals surface area contributed by atoms with Gasteiger partial charge in [-0.3, -0.25) is 10.1 Å². The zero-order valence-corrected chi connectivity index (χ0v) is 12.9. The predicted octanol–water partition coefficient (Wildman–Crippen LogP) is 4.94. The quantitative estimate of drug-likeness (QED) is 0.486. The van der Waals surface area contributed by atoms with Gasteiger partial charge in [0.2, 0.25) is 0 Å². The van der Waals surface area contributed by atoms with Gasteiger partial charge in [-0.2, -0.15) is 0 Å². The van der Waals surface area contributed by atoms with Crippen molar-refractivity contribution in [1.82, 2.24) is 4.98 Å². The Bertz CT molecular complexity index is 829. The van der Waals surface area contributed by atoms with Crippen LogP contribution < -0.4 is 0 Å². The molecule has 4 nitrogen and oxygen atoms in total. The molecule has 20 heavy (non-hydrogen) atoms. The molecule has 3 aromatic rings. The SMILES string of the molecule is Cc1cc(-c2nc3cc(Br)ccc3s2)ccc1[N+](=O)[O-]. The molecular formula is C14H9BrN2O2S. The van der Waals surface area contributed by atoms with E-state index in [-0.39, 0.29) is 10.6 Å². The zero-order chi connectivity index (χ0) is 14.3. The monoisotopic (exact) mass is 348 g/mol. The molecule has 2 aromatic carbocycles. The Labute approximate surface area is 127 Å². The largest absolute Gasteiger partial charge is 0.272 e. The molecule has 0 fully saturated rings. The fourth-order valence-corrected chi connectivity index (χ4v) is 3.31. The van der Waals surface area contributed by atoms with E-state index in [4.69, 9.17) is 0 Å². The van der Waals surface area contributed by atoms with Crippen LogP contribution in [0.15, 0.2) is 40.9 Å². The summed E-state index contributed by atoms with van der Waals surface area (Å²) in [6.07, 6.45) is 0. The summed E-state index contributed by atoms with van der Waals surface area (Å²) in [7, 11) is 0. The molecule has 100 valence electrons. The van der Waals surface area contributed by atoms with Gasteiger partial charge in [0.25, 0.3) is 5.69 Å². The molecule has 1 aromatic heterocycles. The van der Waals surface area contributed by atoms with Crippen molar-refractivity contribution in [2.75, 3.05) is 0 Å². The van der Waals surface area contributed by atoms with Gasteiger partial charge in [-0.05, 0) is 37.3 Å². The van der Waals surface area contributed by atoms with Gasteiger partial charge < -0.3 is 0 Å². The van der Waals surface area contributed by atoms with Crippen LogP contribution in [-0.2, 0) is 0 Å². The van der Waals surface area contributed by atoms with Crippen molar-refractivity contribution in [3.63, 3.8) is 0 Å². The zero-order valence-electron chi connectivity index (χ0n) is 10.5. The maximum atomic E-state index is 10.8. The maximum absolute atomic E-state index is 10.8. The molecule has 6 heteroatoms. The van der Waals surface area contributed by atoms with Gasteiger partial charge in [0.05, 0.1) is 15.1 Å². The first kappa shape index (κ1) is 13.2. The second-order valence-electron chi connectivity index (χ2n) is 4.39. The number of nitrogens with zero attached hydrogens (tertiary/aromatic N) is 2. The second-order valence-corrected chi connectivity index (χ2v) is 6.34. The van der Waals surface area contributed by atoms with Crippen molar-refractivity contribution in [3.05, 3.63) is 56.5 Å². The van der Waals surface area contributed by atoms with E-state index < -0.39 is 0 Å². The Morgan fingerprint density at radius 3 is 2.75 bits per heavy atom. The molecule has 0 aliphatic carbocycles. The van der Waals surface area contributed by atoms with Gasteiger partial charge in [0.15, 0.2) is 0 Å². The third kappa shape index (κ3) is 2.32. The lowest BCUT2D eigenvalue weighted by Crippen LogP contribution is -1.91. The molecular weight excluding hydrogens is 340 g/mol. The van der Waals surface area contributed by atoms with Crippen LogP contribution in [0, 0.1) is 17.0 Å². The van der Waals surface area contributed by atoms with Gasteiger partial charge in [-0.25, -0.2) is 4.98 Å². The number of fused-ring (bicyclic) bond motifs is 1. The summed E-state index contributed by atoms with van der Waals surface area (Å²) in [4.78, 5) is 15.0. The molecule has 0 aliphatic heterocycles. The Balaban J connectivity index is 2.11. The van der Waals surface area contributed by atoms with E-state index in [2.05, 4.69) is 20.9 Å². The lowest BCUT2D eigenvalue weighted by Gasteiger charge is -1.99. The van der Waals surface area contributed by atoms with Gasteiger partial charge >= 0.3 is 0 Å². The number of halogens is 1. The van der Waals surface area contributed by atoms with Crippen molar-refractivity contribution in [1.29, 1.82) is 0 Å². The van der Waals surface area contributed by atoms with Crippen molar-refractivity contribution in [3.8, 4) is 10.6 Å².